The van der Waals surface area contributed by atoms with E-state index in [1.807, 2.05) is 26.0 Å². The quantitative estimate of drug-likeness (QED) is 0.408. The zero-order chi connectivity index (χ0) is 25.4. The second-order valence-electron chi connectivity index (χ2n) is 8.95. The van der Waals surface area contributed by atoms with E-state index in [4.69, 9.17) is 13.9 Å². The molecule has 0 bridgehead atoms. The Bertz CT molecular complexity index is 1140. The number of aromatic nitrogens is 1. The average molecular weight is 480 g/mol. The van der Waals surface area contributed by atoms with Gasteiger partial charge in [0.1, 0.15) is 0 Å². The molecule has 1 aromatic heterocycles. The zero-order valence-electron chi connectivity index (χ0n) is 20.9. The van der Waals surface area contributed by atoms with Gasteiger partial charge in [-0.2, -0.15) is 0 Å². The largest absolute Gasteiger partial charge is 0.493 e. The number of carbonyl (C=O) groups is 2. The van der Waals surface area contributed by atoms with Gasteiger partial charge in [0, 0.05) is 24.0 Å². The predicted octanol–water partition coefficient (Wildman–Crippen LogP) is 4.73. The molecule has 0 unspecified atom stereocenters. The maximum atomic E-state index is 12.4. The van der Waals surface area contributed by atoms with Gasteiger partial charge in [0.25, 0.3) is 5.91 Å². The van der Waals surface area contributed by atoms with E-state index < -0.39 is 5.91 Å². The van der Waals surface area contributed by atoms with E-state index in [0.29, 0.717) is 41.1 Å². The summed E-state index contributed by atoms with van der Waals surface area (Å²) in [6.07, 6.45) is 3.07. The lowest BCUT2D eigenvalue weighted by Crippen LogP contribution is -2.41. The van der Waals surface area contributed by atoms with Gasteiger partial charge in [-0.25, -0.2) is 4.98 Å². The molecule has 0 saturated heterocycles. The Kier molecular flexibility index (Phi) is 8.89. The number of oxazole rings is 1. The molecule has 8 nitrogen and oxygen atoms in total. The summed E-state index contributed by atoms with van der Waals surface area (Å²) in [4.78, 5) is 28.9. The number of nitrogens with zero attached hydrogens (tertiary/aromatic N) is 1. The average Bonchev–Trinajstić information content (AvgIpc) is 3.30. The van der Waals surface area contributed by atoms with E-state index in [0.717, 1.165) is 12.0 Å². The second-order valence-corrected chi connectivity index (χ2v) is 8.95. The number of hydrogen-bond donors (Lipinski definition) is 2. The van der Waals surface area contributed by atoms with Gasteiger partial charge in [0.2, 0.25) is 5.91 Å². The molecular weight excluding hydrogens is 446 g/mol. The monoisotopic (exact) mass is 479 g/mol. The highest BCUT2D eigenvalue weighted by molar-refractivity contribution is 5.96. The highest BCUT2D eigenvalue weighted by atomic mass is 16.5. The van der Waals surface area contributed by atoms with Crippen molar-refractivity contribution < 1.29 is 23.5 Å². The Balaban J connectivity index is 1.48. The summed E-state index contributed by atoms with van der Waals surface area (Å²) in [5.41, 5.74) is 7.37. The Labute approximate surface area is 206 Å². The molecule has 2 N–H and O–H groups in total. The second kappa shape index (κ2) is 12.1. The summed E-state index contributed by atoms with van der Waals surface area (Å²) in [5, 5.41) is 0. The van der Waals surface area contributed by atoms with E-state index in [9.17, 15) is 9.59 Å². The van der Waals surface area contributed by atoms with Crippen molar-refractivity contribution in [2.75, 3.05) is 7.11 Å². The van der Waals surface area contributed by atoms with Crippen molar-refractivity contribution in [3.63, 3.8) is 0 Å². The molecule has 0 spiro atoms. The van der Waals surface area contributed by atoms with Crippen LogP contribution in [-0.4, -0.2) is 30.0 Å². The smallest absolute Gasteiger partial charge is 0.269 e. The third-order valence-corrected chi connectivity index (χ3v) is 5.11. The molecule has 8 heteroatoms. The molecule has 35 heavy (non-hydrogen) atoms. The molecule has 0 saturated carbocycles. The SMILES string of the molecule is COc1cc(C(=O)NNC(=O)CCc2ncc(-c3ccc(CC(C)C)cc3)o2)ccc1OC(C)C. The van der Waals surface area contributed by atoms with Crippen LogP contribution in [0.1, 0.15) is 55.9 Å². The van der Waals surface area contributed by atoms with Gasteiger partial charge in [-0.3, -0.25) is 20.4 Å². The Morgan fingerprint density at radius 1 is 1.00 bits per heavy atom. The minimum absolute atomic E-state index is 0.0298. The molecule has 0 aliphatic heterocycles. The Hall–Kier alpha value is -3.81. The lowest BCUT2D eigenvalue weighted by atomic mass is 10.0. The standard InChI is InChI=1S/C27H33N3O5/c1-17(2)14-19-6-8-20(9-7-19)24-16-28-26(35-24)13-12-25(31)29-30-27(32)21-10-11-22(34-18(3)4)23(15-21)33-5/h6-11,15-18H,12-14H2,1-5H3,(H,29,31)(H,30,32). The lowest BCUT2D eigenvalue weighted by Gasteiger charge is -2.14. The Morgan fingerprint density at radius 2 is 1.74 bits per heavy atom. The van der Waals surface area contributed by atoms with Gasteiger partial charge in [-0.1, -0.05) is 38.1 Å². The molecule has 3 aromatic rings. The van der Waals surface area contributed by atoms with Gasteiger partial charge in [0.05, 0.1) is 19.4 Å². The number of amides is 2. The molecule has 1 heterocycles. The van der Waals surface area contributed by atoms with Crippen LogP contribution in [0.2, 0.25) is 0 Å². The van der Waals surface area contributed by atoms with Crippen molar-refractivity contribution in [2.24, 2.45) is 5.92 Å². The number of ether oxygens (including phenoxy) is 2. The summed E-state index contributed by atoms with van der Waals surface area (Å²) in [5.74, 6) is 1.87. The fourth-order valence-electron chi connectivity index (χ4n) is 3.48. The number of benzene rings is 2. The highest BCUT2D eigenvalue weighted by Crippen LogP contribution is 2.29. The molecular formula is C27H33N3O5. The number of hydrogen-bond acceptors (Lipinski definition) is 6. The van der Waals surface area contributed by atoms with Crippen molar-refractivity contribution >= 4 is 11.8 Å². The van der Waals surface area contributed by atoms with Gasteiger partial charge in [-0.15, -0.1) is 0 Å². The van der Waals surface area contributed by atoms with Crippen molar-refractivity contribution in [1.82, 2.24) is 15.8 Å². The van der Waals surface area contributed by atoms with Crippen LogP contribution in [0.5, 0.6) is 11.5 Å². The maximum absolute atomic E-state index is 12.4. The molecule has 0 atom stereocenters. The van der Waals surface area contributed by atoms with Crippen LogP contribution in [0.25, 0.3) is 11.3 Å². The highest BCUT2D eigenvalue weighted by Gasteiger charge is 2.14. The number of methoxy groups -OCH3 is 1. The van der Waals surface area contributed by atoms with E-state index in [1.54, 1.807) is 24.4 Å². The predicted molar refractivity (Wildman–Crippen MR) is 133 cm³/mol. The molecule has 0 radical (unpaired) electrons. The molecule has 0 aliphatic rings. The molecule has 2 amide bonds. The van der Waals surface area contributed by atoms with Crippen LogP contribution in [0.4, 0.5) is 0 Å². The summed E-state index contributed by atoms with van der Waals surface area (Å²) in [6, 6.07) is 13.0. The van der Waals surface area contributed by atoms with Crippen LogP contribution >= 0.6 is 0 Å². The summed E-state index contributed by atoms with van der Waals surface area (Å²) < 4.78 is 16.7. The molecule has 2 aromatic carbocycles. The first-order chi connectivity index (χ1) is 16.7. The van der Waals surface area contributed by atoms with Crippen LogP contribution in [0, 0.1) is 5.92 Å². The zero-order valence-corrected chi connectivity index (χ0v) is 20.9. The van der Waals surface area contributed by atoms with Gasteiger partial charge in [-0.05, 0) is 49.9 Å². The number of nitrogens with one attached hydrogen (secondary N) is 2. The van der Waals surface area contributed by atoms with Gasteiger partial charge in [0.15, 0.2) is 23.1 Å². The summed E-state index contributed by atoms with van der Waals surface area (Å²) in [7, 11) is 1.50. The van der Waals surface area contributed by atoms with Crippen molar-refractivity contribution in [3.05, 3.63) is 65.7 Å². The van der Waals surface area contributed by atoms with Crippen LogP contribution in [0.3, 0.4) is 0 Å². The molecule has 3 rings (SSSR count). The van der Waals surface area contributed by atoms with E-state index in [1.165, 1.54) is 12.7 Å². The normalized spacial score (nSPS) is 10.9. The third kappa shape index (κ3) is 7.60. The summed E-state index contributed by atoms with van der Waals surface area (Å²) in [6.45, 7) is 8.19. The number of hydrazine groups is 1. The fourth-order valence-corrected chi connectivity index (χ4v) is 3.48. The number of rotatable bonds is 10. The molecule has 0 fully saturated rings. The Morgan fingerprint density at radius 3 is 2.40 bits per heavy atom. The van der Waals surface area contributed by atoms with E-state index in [2.05, 4.69) is 41.8 Å². The fraction of sp³-hybridized carbons (Fsp3) is 0.370. The lowest BCUT2D eigenvalue weighted by molar-refractivity contribution is -0.121. The van der Waals surface area contributed by atoms with E-state index >= 15 is 0 Å². The molecule has 0 aliphatic carbocycles. The third-order valence-electron chi connectivity index (χ3n) is 5.11. The van der Waals surface area contributed by atoms with Gasteiger partial charge >= 0.3 is 0 Å². The van der Waals surface area contributed by atoms with Crippen LogP contribution in [-0.2, 0) is 17.6 Å². The van der Waals surface area contributed by atoms with Gasteiger partial charge < -0.3 is 13.9 Å². The van der Waals surface area contributed by atoms with Crippen molar-refractivity contribution in [2.45, 2.75) is 53.1 Å². The first-order valence-electron chi connectivity index (χ1n) is 11.7. The number of aryl methyl sites for hydroxylation is 1. The minimum atomic E-state index is -0.466. The maximum Gasteiger partial charge on any atom is 0.269 e. The first-order valence-corrected chi connectivity index (χ1v) is 11.7. The first kappa shape index (κ1) is 25.8. The topological polar surface area (TPSA) is 103 Å². The summed E-state index contributed by atoms with van der Waals surface area (Å²) >= 11 is 0. The molecule has 186 valence electrons. The minimum Gasteiger partial charge on any atom is -0.493 e. The number of carbonyl (C=O) groups excluding carboxylic acids is 2. The van der Waals surface area contributed by atoms with Crippen LogP contribution < -0.4 is 20.3 Å². The van der Waals surface area contributed by atoms with E-state index in [-0.39, 0.29) is 18.4 Å². The van der Waals surface area contributed by atoms with Crippen LogP contribution in [0.15, 0.2) is 53.1 Å². The van der Waals surface area contributed by atoms with Crippen molar-refractivity contribution in [3.8, 4) is 22.8 Å². The van der Waals surface area contributed by atoms with Crippen molar-refractivity contribution in [1.29, 1.82) is 0 Å².